The number of carbonyl (C=O) groups excluding carboxylic acids is 2. The summed E-state index contributed by atoms with van der Waals surface area (Å²) in [5, 5.41) is 10.8. The average Bonchev–Trinajstić information content (AvgIpc) is 2.60. The van der Waals surface area contributed by atoms with Crippen molar-refractivity contribution in [2.24, 2.45) is 5.41 Å². The van der Waals surface area contributed by atoms with Crippen LogP contribution in [0.2, 0.25) is 0 Å². The van der Waals surface area contributed by atoms with E-state index in [0.29, 0.717) is 6.42 Å². The highest BCUT2D eigenvalue weighted by Crippen LogP contribution is 2.24. The van der Waals surface area contributed by atoms with Crippen molar-refractivity contribution in [3.8, 4) is 0 Å². The zero-order valence-corrected chi connectivity index (χ0v) is 16.5. The van der Waals surface area contributed by atoms with E-state index in [9.17, 15) is 14.7 Å². The van der Waals surface area contributed by atoms with Gasteiger partial charge in [0.2, 0.25) is 0 Å². The standard InChI is InChI=1S/C19H34O7/c1-5-18(2,3)17(21)25-13-19(22,12-24-14-23-4)11-16(20)26-15-9-7-6-8-10-15/h15,22H,5-14H2,1-4H3. The summed E-state index contributed by atoms with van der Waals surface area (Å²) in [4.78, 5) is 24.4. The maximum atomic E-state index is 12.2. The molecule has 26 heavy (non-hydrogen) atoms. The van der Waals surface area contributed by atoms with Crippen molar-refractivity contribution in [1.29, 1.82) is 0 Å². The summed E-state index contributed by atoms with van der Waals surface area (Å²) in [6, 6.07) is 0. The van der Waals surface area contributed by atoms with Gasteiger partial charge in [-0.1, -0.05) is 13.3 Å². The molecule has 0 aromatic carbocycles. The zero-order valence-electron chi connectivity index (χ0n) is 16.5. The van der Waals surface area contributed by atoms with Gasteiger partial charge in [0.05, 0.1) is 18.4 Å². The topological polar surface area (TPSA) is 91.3 Å². The molecule has 1 aliphatic carbocycles. The van der Waals surface area contributed by atoms with Crippen molar-refractivity contribution in [2.75, 3.05) is 27.1 Å². The minimum absolute atomic E-state index is 0.0334. The zero-order chi connectivity index (χ0) is 19.6. The van der Waals surface area contributed by atoms with Gasteiger partial charge in [0, 0.05) is 7.11 Å². The molecule has 0 aromatic heterocycles. The Kier molecular flexibility index (Phi) is 9.54. The maximum absolute atomic E-state index is 12.2. The molecule has 1 atom stereocenters. The highest BCUT2D eigenvalue weighted by molar-refractivity contribution is 5.76. The fraction of sp³-hybridized carbons (Fsp3) is 0.895. The van der Waals surface area contributed by atoms with Crippen molar-refractivity contribution in [3.05, 3.63) is 0 Å². The maximum Gasteiger partial charge on any atom is 0.311 e. The minimum Gasteiger partial charge on any atom is -0.462 e. The lowest BCUT2D eigenvalue weighted by atomic mass is 9.90. The molecule has 0 radical (unpaired) electrons. The number of esters is 2. The minimum atomic E-state index is -1.65. The first-order chi connectivity index (χ1) is 12.2. The summed E-state index contributed by atoms with van der Waals surface area (Å²) in [5.41, 5.74) is -2.30. The smallest absolute Gasteiger partial charge is 0.311 e. The predicted octanol–water partition coefficient (Wildman–Crippen LogP) is 2.58. The molecule has 0 bridgehead atoms. The number of hydrogen-bond donors (Lipinski definition) is 1. The molecular formula is C19H34O7. The summed E-state index contributed by atoms with van der Waals surface area (Å²) in [6.07, 6.45) is 5.16. The van der Waals surface area contributed by atoms with E-state index in [1.165, 1.54) is 7.11 Å². The molecular weight excluding hydrogens is 340 g/mol. The average molecular weight is 374 g/mol. The van der Waals surface area contributed by atoms with E-state index in [1.807, 2.05) is 6.92 Å². The lowest BCUT2D eigenvalue weighted by molar-refractivity contribution is -0.178. The van der Waals surface area contributed by atoms with E-state index in [2.05, 4.69) is 0 Å². The first kappa shape index (κ1) is 22.9. The molecule has 7 heteroatoms. The van der Waals surface area contributed by atoms with Crippen LogP contribution in [-0.2, 0) is 28.5 Å². The van der Waals surface area contributed by atoms with Gasteiger partial charge in [0.15, 0.2) is 0 Å². The van der Waals surface area contributed by atoms with Crippen LogP contribution in [0.15, 0.2) is 0 Å². The van der Waals surface area contributed by atoms with Crippen molar-refractivity contribution in [2.45, 2.75) is 77.4 Å². The molecule has 0 spiro atoms. The van der Waals surface area contributed by atoms with Gasteiger partial charge in [-0.05, 0) is 46.0 Å². The Balaban J connectivity index is 2.62. The first-order valence-corrected chi connectivity index (χ1v) is 9.38. The summed E-state index contributed by atoms with van der Waals surface area (Å²) < 4.78 is 20.7. The number of aliphatic hydroxyl groups is 1. The van der Waals surface area contributed by atoms with Crippen molar-refractivity contribution in [3.63, 3.8) is 0 Å². The number of carbonyl (C=O) groups is 2. The molecule has 1 unspecified atom stereocenters. The van der Waals surface area contributed by atoms with Gasteiger partial charge >= 0.3 is 11.9 Å². The van der Waals surface area contributed by atoms with Gasteiger partial charge in [0.25, 0.3) is 0 Å². The van der Waals surface area contributed by atoms with Gasteiger partial charge in [0.1, 0.15) is 25.1 Å². The molecule has 0 saturated heterocycles. The van der Waals surface area contributed by atoms with Crippen LogP contribution in [0.25, 0.3) is 0 Å². The van der Waals surface area contributed by atoms with Crippen LogP contribution in [0.3, 0.4) is 0 Å². The third-order valence-corrected chi connectivity index (χ3v) is 4.80. The van der Waals surface area contributed by atoms with Crippen molar-refractivity contribution in [1.82, 2.24) is 0 Å². The Morgan fingerprint density at radius 1 is 1.12 bits per heavy atom. The molecule has 1 rings (SSSR count). The Hall–Kier alpha value is -1.18. The Morgan fingerprint density at radius 2 is 1.77 bits per heavy atom. The number of ether oxygens (including phenoxy) is 4. The molecule has 0 heterocycles. The molecule has 1 N–H and O–H groups in total. The molecule has 152 valence electrons. The SMILES string of the molecule is CCC(C)(C)C(=O)OCC(O)(COCOC)CC(=O)OC1CCCCC1. The van der Waals surface area contributed by atoms with E-state index in [-0.39, 0.29) is 32.5 Å². The van der Waals surface area contributed by atoms with Gasteiger partial charge < -0.3 is 24.1 Å². The number of methoxy groups -OCH3 is 1. The molecule has 0 aromatic rings. The van der Waals surface area contributed by atoms with Crippen LogP contribution < -0.4 is 0 Å². The second-order valence-corrected chi connectivity index (χ2v) is 7.72. The molecule has 0 amide bonds. The number of hydrogen-bond acceptors (Lipinski definition) is 7. The van der Waals surface area contributed by atoms with E-state index in [0.717, 1.165) is 32.1 Å². The summed E-state index contributed by atoms with van der Waals surface area (Å²) >= 11 is 0. The van der Waals surface area contributed by atoms with Crippen molar-refractivity contribution >= 4 is 11.9 Å². The lowest BCUT2D eigenvalue weighted by Crippen LogP contribution is -2.44. The largest absolute Gasteiger partial charge is 0.462 e. The third-order valence-electron chi connectivity index (χ3n) is 4.80. The van der Waals surface area contributed by atoms with Gasteiger partial charge in [-0.25, -0.2) is 0 Å². The second kappa shape index (κ2) is 10.8. The van der Waals surface area contributed by atoms with Crippen LogP contribution in [0, 0.1) is 5.41 Å². The van der Waals surface area contributed by atoms with Crippen LogP contribution in [0.4, 0.5) is 0 Å². The van der Waals surface area contributed by atoms with Gasteiger partial charge in [-0.15, -0.1) is 0 Å². The fourth-order valence-corrected chi connectivity index (χ4v) is 2.68. The lowest BCUT2D eigenvalue weighted by Gasteiger charge is -2.30. The molecule has 1 saturated carbocycles. The Morgan fingerprint density at radius 3 is 2.35 bits per heavy atom. The van der Waals surface area contributed by atoms with Crippen LogP contribution in [0.5, 0.6) is 0 Å². The summed E-state index contributed by atoms with van der Waals surface area (Å²) in [6.45, 7) is 4.87. The van der Waals surface area contributed by atoms with E-state index >= 15 is 0 Å². The van der Waals surface area contributed by atoms with Crippen LogP contribution >= 0.6 is 0 Å². The molecule has 1 aliphatic rings. The highest BCUT2D eigenvalue weighted by Gasteiger charge is 2.36. The predicted molar refractivity (Wildman–Crippen MR) is 95.4 cm³/mol. The van der Waals surface area contributed by atoms with E-state index < -0.39 is 23.0 Å². The molecule has 1 fully saturated rings. The second-order valence-electron chi connectivity index (χ2n) is 7.72. The number of rotatable bonds is 11. The van der Waals surface area contributed by atoms with E-state index in [4.69, 9.17) is 18.9 Å². The quantitative estimate of drug-likeness (QED) is 0.338. The monoisotopic (exact) mass is 374 g/mol. The van der Waals surface area contributed by atoms with E-state index in [1.54, 1.807) is 13.8 Å². The molecule has 0 aliphatic heterocycles. The molecule has 7 nitrogen and oxygen atoms in total. The summed E-state index contributed by atoms with van der Waals surface area (Å²) in [7, 11) is 1.46. The first-order valence-electron chi connectivity index (χ1n) is 9.38. The van der Waals surface area contributed by atoms with Crippen LogP contribution in [0.1, 0.15) is 65.7 Å². The fourth-order valence-electron chi connectivity index (χ4n) is 2.68. The summed E-state index contributed by atoms with van der Waals surface area (Å²) in [5.74, 6) is -0.933. The van der Waals surface area contributed by atoms with Crippen LogP contribution in [-0.4, -0.2) is 55.9 Å². The Bertz CT molecular complexity index is 443. The normalized spacial score (nSPS) is 18.2. The Labute approximate surface area is 156 Å². The van der Waals surface area contributed by atoms with Gasteiger partial charge in [-0.2, -0.15) is 0 Å². The highest BCUT2D eigenvalue weighted by atomic mass is 16.7. The third kappa shape index (κ3) is 8.01. The van der Waals surface area contributed by atoms with Crippen molar-refractivity contribution < 1.29 is 33.6 Å². The van der Waals surface area contributed by atoms with Gasteiger partial charge in [-0.3, -0.25) is 9.59 Å².